The molecular formula is C16H21N3OS. The van der Waals surface area contributed by atoms with E-state index < -0.39 is 0 Å². The number of anilines is 1. The van der Waals surface area contributed by atoms with Crippen LogP contribution < -0.4 is 4.90 Å². The summed E-state index contributed by atoms with van der Waals surface area (Å²) in [4.78, 5) is 20.8. The van der Waals surface area contributed by atoms with Crippen LogP contribution in [0.1, 0.15) is 19.4 Å². The minimum Gasteiger partial charge on any atom is -0.372 e. The molecule has 0 aliphatic carbocycles. The van der Waals surface area contributed by atoms with Crippen LogP contribution in [0.3, 0.4) is 0 Å². The molecule has 0 spiro atoms. The quantitative estimate of drug-likeness (QED) is 0.802. The molecule has 1 saturated heterocycles. The summed E-state index contributed by atoms with van der Waals surface area (Å²) in [5, 5.41) is 0.742. The van der Waals surface area contributed by atoms with E-state index in [2.05, 4.69) is 48.0 Å². The van der Waals surface area contributed by atoms with E-state index in [9.17, 15) is 4.79 Å². The van der Waals surface area contributed by atoms with Gasteiger partial charge >= 0.3 is 0 Å². The van der Waals surface area contributed by atoms with Crippen molar-refractivity contribution in [1.82, 2.24) is 4.90 Å². The van der Waals surface area contributed by atoms with Gasteiger partial charge in [-0.1, -0.05) is 12.1 Å². The van der Waals surface area contributed by atoms with E-state index in [1.54, 1.807) is 19.0 Å². The summed E-state index contributed by atoms with van der Waals surface area (Å²) in [7, 11) is 3.45. The highest BCUT2D eigenvalue weighted by molar-refractivity contribution is 8.18. The molecular weight excluding hydrogens is 282 g/mol. The summed E-state index contributed by atoms with van der Waals surface area (Å²) < 4.78 is 0. The van der Waals surface area contributed by atoms with E-state index >= 15 is 0 Å². The van der Waals surface area contributed by atoms with E-state index in [1.807, 2.05) is 6.08 Å². The first-order valence-corrected chi connectivity index (χ1v) is 7.91. The number of aliphatic imine (C=N–C) groups is 1. The van der Waals surface area contributed by atoms with Gasteiger partial charge in [0.1, 0.15) is 0 Å². The van der Waals surface area contributed by atoms with Gasteiger partial charge in [0.05, 0.1) is 4.91 Å². The molecule has 0 unspecified atom stereocenters. The van der Waals surface area contributed by atoms with E-state index in [0.717, 1.165) is 23.8 Å². The van der Waals surface area contributed by atoms with Crippen molar-refractivity contribution >= 4 is 34.6 Å². The number of carbonyl (C=O) groups is 1. The van der Waals surface area contributed by atoms with Gasteiger partial charge in [-0.3, -0.25) is 14.7 Å². The molecule has 1 fully saturated rings. The number of benzene rings is 1. The molecule has 1 aromatic carbocycles. The zero-order chi connectivity index (χ0) is 15.4. The van der Waals surface area contributed by atoms with Crippen molar-refractivity contribution in [3.8, 4) is 0 Å². The second-order valence-electron chi connectivity index (χ2n) is 4.74. The highest BCUT2D eigenvalue weighted by atomic mass is 32.2. The van der Waals surface area contributed by atoms with E-state index in [4.69, 9.17) is 0 Å². The summed E-state index contributed by atoms with van der Waals surface area (Å²) in [6.07, 6.45) is 1.92. The van der Waals surface area contributed by atoms with Crippen molar-refractivity contribution in [1.29, 1.82) is 0 Å². The van der Waals surface area contributed by atoms with Gasteiger partial charge in [-0.25, -0.2) is 0 Å². The maximum atomic E-state index is 12.1. The largest absolute Gasteiger partial charge is 0.372 e. The van der Waals surface area contributed by atoms with Crippen LogP contribution in [-0.4, -0.2) is 43.2 Å². The van der Waals surface area contributed by atoms with Crippen LogP contribution in [0.5, 0.6) is 0 Å². The Morgan fingerprint density at radius 2 is 1.86 bits per heavy atom. The first kappa shape index (κ1) is 15.6. The molecule has 112 valence electrons. The fraction of sp³-hybridized carbons (Fsp3) is 0.375. The minimum atomic E-state index is 0.00780. The third-order valence-corrected chi connectivity index (χ3v) is 4.67. The fourth-order valence-electron chi connectivity index (χ4n) is 2.27. The number of thioether (sulfide) groups is 1. The number of carbonyl (C=O) groups excluding carboxylic acids is 1. The predicted molar refractivity (Wildman–Crippen MR) is 91.7 cm³/mol. The Balaban J connectivity index is 2.21. The lowest BCUT2D eigenvalue weighted by Crippen LogP contribution is -2.23. The van der Waals surface area contributed by atoms with Gasteiger partial charge in [-0.15, -0.1) is 0 Å². The standard InChI is InChI=1S/C16H21N3OS/c1-5-19(6-2)13-9-7-12(8-10-13)11-14-15(20)18(4)16(17-3)21-14/h7-11H,5-6H2,1-4H3/b14-11-,17-16?. The van der Waals surface area contributed by atoms with Crippen LogP contribution in [0.4, 0.5) is 5.69 Å². The van der Waals surface area contributed by atoms with Gasteiger partial charge in [0.2, 0.25) is 0 Å². The van der Waals surface area contributed by atoms with Crippen molar-refractivity contribution in [2.45, 2.75) is 13.8 Å². The molecule has 1 heterocycles. The van der Waals surface area contributed by atoms with Crippen LogP contribution >= 0.6 is 11.8 Å². The predicted octanol–water partition coefficient (Wildman–Crippen LogP) is 3.06. The van der Waals surface area contributed by atoms with Gasteiger partial charge in [-0.05, 0) is 49.4 Å². The Labute approximate surface area is 130 Å². The van der Waals surface area contributed by atoms with Crippen LogP contribution in [0.15, 0.2) is 34.2 Å². The second-order valence-corrected chi connectivity index (χ2v) is 5.75. The zero-order valence-corrected chi connectivity index (χ0v) is 13.8. The summed E-state index contributed by atoms with van der Waals surface area (Å²) in [6, 6.07) is 8.30. The number of hydrogen-bond acceptors (Lipinski definition) is 4. The third-order valence-electron chi connectivity index (χ3n) is 3.51. The van der Waals surface area contributed by atoms with Crippen molar-refractivity contribution in [3.63, 3.8) is 0 Å². The molecule has 0 radical (unpaired) electrons. The molecule has 0 saturated carbocycles. The lowest BCUT2D eigenvalue weighted by atomic mass is 10.1. The molecule has 4 nitrogen and oxygen atoms in total. The Morgan fingerprint density at radius 1 is 1.24 bits per heavy atom. The van der Waals surface area contributed by atoms with Gasteiger partial charge in [0, 0.05) is 32.9 Å². The van der Waals surface area contributed by atoms with Crippen LogP contribution in [0.2, 0.25) is 0 Å². The highest BCUT2D eigenvalue weighted by Crippen LogP contribution is 2.31. The second kappa shape index (κ2) is 6.80. The molecule has 21 heavy (non-hydrogen) atoms. The number of nitrogens with zero attached hydrogens (tertiary/aromatic N) is 3. The van der Waals surface area contributed by atoms with Crippen LogP contribution in [0, 0.1) is 0 Å². The number of amidine groups is 1. The third kappa shape index (κ3) is 3.29. The van der Waals surface area contributed by atoms with Gasteiger partial charge in [0.25, 0.3) is 5.91 Å². The summed E-state index contributed by atoms with van der Waals surface area (Å²) in [6.45, 7) is 6.28. The van der Waals surface area contributed by atoms with E-state index in [0.29, 0.717) is 4.91 Å². The van der Waals surface area contributed by atoms with E-state index in [1.165, 1.54) is 17.4 Å². The highest BCUT2D eigenvalue weighted by Gasteiger charge is 2.29. The molecule has 2 rings (SSSR count). The SMILES string of the molecule is CCN(CC)c1ccc(/C=C2\SC(=NC)N(C)C2=O)cc1. The average Bonchev–Trinajstić information content (AvgIpc) is 2.78. The van der Waals surface area contributed by atoms with Crippen LogP contribution in [0.25, 0.3) is 6.08 Å². The lowest BCUT2D eigenvalue weighted by Gasteiger charge is -2.20. The van der Waals surface area contributed by atoms with Crippen LogP contribution in [-0.2, 0) is 4.79 Å². The number of likely N-dealkylation sites (N-methyl/N-ethyl adjacent to an activating group) is 1. The smallest absolute Gasteiger partial charge is 0.266 e. The first-order valence-electron chi connectivity index (χ1n) is 7.10. The molecule has 1 aliphatic heterocycles. The molecule has 0 bridgehead atoms. The monoisotopic (exact) mass is 303 g/mol. The maximum Gasteiger partial charge on any atom is 0.266 e. The van der Waals surface area contributed by atoms with Gasteiger partial charge in [-0.2, -0.15) is 0 Å². The molecule has 1 amide bonds. The fourth-order valence-corrected chi connectivity index (χ4v) is 3.20. The number of rotatable bonds is 4. The minimum absolute atomic E-state index is 0.00780. The van der Waals surface area contributed by atoms with Crippen molar-refractivity contribution in [3.05, 3.63) is 34.7 Å². The molecule has 1 aromatic rings. The molecule has 5 heteroatoms. The molecule has 0 aromatic heterocycles. The Bertz CT molecular complexity index is 574. The van der Waals surface area contributed by atoms with Crippen molar-refractivity contribution in [2.24, 2.45) is 4.99 Å². The average molecular weight is 303 g/mol. The zero-order valence-electron chi connectivity index (χ0n) is 13.0. The Kier molecular flexibility index (Phi) is 5.07. The summed E-state index contributed by atoms with van der Waals surface area (Å²) >= 11 is 1.42. The van der Waals surface area contributed by atoms with E-state index in [-0.39, 0.29) is 5.91 Å². The molecule has 0 atom stereocenters. The summed E-state index contributed by atoms with van der Waals surface area (Å²) in [5.74, 6) is 0.00780. The Morgan fingerprint density at radius 3 is 2.33 bits per heavy atom. The number of amides is 1. The number of hydrogen-bond donors (Lipinski definition) is 0. The summed E-state index contributed by atoms with van der Waals surface area (Å²) in [5.41, 5.74) is 2.24. The maximum absolute atomic E-state index is 12.1. The van der Waals surface area contributed by atoms with Gasteiger partial charge in [0.15, 0.2) is 5.17 Å². The lowest BCUT2D eigenvalue weighted by molar-refractivity contribution is -0.121. The van der Waals surface area contributed by atoms with Crippen molar-refractivity contribution < 1.29 is 4.79 Å². The normalized spacial score (nSPS) is 18.9. The topological polar surface area (TPSA) is 35.9 Å². The van der Waals surface area contributed by atoms with Crippen molar-refractivity contribution in [2.75, 3.05) is 32.1 Å². The Hall–Kier alpha value is -1.75. The molecule has 1 aliphatic rings. The first-order chi connectivity index (χ1) is 10.1. The van der Waals surface area contributed by atoms with Gasteiger partial charge < -0.3 is 4.90 Å². The molecule has 0 N–H and O–H groups in total.